The minimum atomic E-state index is 0. The highest BCUT2D eigenvalue weighted by atomic mass is 35.5. The Hall–Kier alpha value is -2.31. The van der Waals surface area contributed by atoms with E-state index in [2.05, 4.69) is 11.1 Å². The Morgan fingerprint density at radius 3 is 2.30 bits per heavy atom. The third-order valence-electron chi connectivity index (χ3n) is 2.55. The summed E-state index contributed by atoms with van der Waals surface area (Å²) in [5, 5.41) is 8.71. The molecule has 0 aliphatic rings. The lowest BCUT2D eigenvalue weighted by Gasteiger charge is -2.02. The summed E-state index contributed by atoms with van der Waals surface area (Å²) in [6.07, 6.45) is 1.77. The molecule has 0 N–H and O–H groups in total. The van der Waals surface area contributed by atoms with Gasteiger partial charge in [-0.1, -0.05) is 12.1 Å². The van der Waals surface area contributed by atoms with Gasteiger partial charge in [0.2, 0.25) is 0 Å². The maximum absolute atomic E-state index is 8.71. The summed E-state index contributed by atoms with van der Waals surface area (Å²) in [4.78, 5) is 4.37. The summed E-state index contributed by atoms with van der Waals surface area (Å²) >= 11 is 0. The topological polar surface area (TPSA) is 45.4 Å². The largest absolute Gasteiger partial charge is 0.494 e. The maximum atomic E-state index is 8.71. The normalized spacial score (nSPS) is 9.80. The van der Waals surface area contributed by atoms with Crippen LogP contribution in [0.3, 0.4) is 0 Å². The first-order valence-electron chi connectivity index (χ1n) is 6.09. The molecule has 3 nitrogen and oxygen atoms in total. The predicted octanol–water partition coefficient (Wildman–Crippen LogP) is 4.13. The van der Waals surface area contributed by atoms with Crippen molar-refractivity contribution in [1.29, 1.82) is 5.26 Å². The number of ether oxygens (including phenoxy) is 1. The zero-order valence-electron chi connectivity index (χ0n) is 11.1. The Bertz CT molecular complexity index is 598. The van der Waals surface area contributed by atoms with Crippen molar-refractivity contribution < 1.29 is 4.74 Å². The van der Waals surface area contributed by atoms with Gasteiger partial charge in [-0.15, -0.1) is 12.4 Å². The van der Waals surface area contributed by atoms with Gasteiger partial charge in [-0.2, -0.15) is 5.26 Å². The van der Waals surface area contributed by atoms with Crippen molar-refractivity contribution in [1.82, 2.24) is 0 Å². The number of hydrogen-bond donors (Lipinski definition) is 0. The summed E-state index contributed by atoms with van der Waals surface area (Å²) in [6, 6.07) is 17.0. The predicted molar refractivity (Wildman–Crippen MR) is 83.3 cm³/mol. The number of aliphatic imine (C=N–C) groups is 1. The van der Waals surface area contributed by atoms with Gasteiger partial charge >= 0.3 is 0 Å². The van der Waals surface area contributed by atoms with Gasteiger partial charge in [0.25, 0.3) is 0 Å². The molecule has 0 saturated heterocycles. The zero-order chi connectivity index (χ0) is 13.5. The van der Waals surface area contributed by atoms with Crippen LogP contribution in [0.4, 0.5) is 5.69 Å². The van der Waals surface area contributed by atoms with E-state index in [0.717, 1.165) is 17.0 Å². The summed E-state index contributed by atoms with van der Waals surface area (Å²) < 4.78 is 5.37. The van der Waals surface area contributed by atoms with Crippen LogP contribution in [0.15, 0.2) is 53.5 Å². The lowest BCUT2D eigenvalue weighted by molar-refractivity contribution is 0.340. The average molecular weight is 287 g/mol. The average Bonchev–Trinajstić information content (AvgIpc) is 2.47. The molecule has 4 heteroatoms. The van der Waals surface area contributed by atoms with Crippen LogP contribution in [-0.2, 0) is 0 Å². The van der Waals surface area contributed by atoms with Gasteiger partial charge in [-0.25, -0.2) is 0 Å². The Labute approximate surface area is 125 Å². The monoisotopic (exact) mass is 286 g/mol. The first kappa shape index (κ1) is 15.7. The smallest absolute Gasteiger partial charge is 0.119 e. The minimum Gasteiger partial charge on any atom is -0.494 e. The number of nitrogens with zero attached hydrogens (tertiary/aromatic N) is 2. The van der Waals surface area contributed by atoms with Gasteiger partial charge in [-0.05, 0) is 48.9 Å². The fourth-order valence-corrected chi connectivity index (χ4v) is 1.59. The summed E-state index contributed by atoms with van der Waals surface area (Å²) in [5.41, 5.74) is 2.49. The van der Waals surface area contributed by atoms with Crippen molar-refractivity contribution in [2.24, 2.45) is 4.99 Å². The van der Waals surface area contributed by atoms with Gasteiger partial charge in [0, 0.05) is 6.21 Å². The molecular weight excluding hydrogens is 272 g/mol. The van der Waals surface area contributed by atoms with E-state index in [4.69, 9.17) is 10.00 Å². The van der Waals surface area contributed by atoms with E-state index in [9.17, 15) is 0 Å². The van der Waals surface area contributed by atoms with Crippen molar-refractivity contribution in [2.45, 2.75) is 6.92 Å². The molecule has 102 valence electrons. The molecule has 0 aliphatic heterocycles. The number of benzene rings is 2. The maximum Gasteiger partial charge on any atom is 0.119 e. The van der Waals surface area contributed by atoms with Crippen LogP contribution in [-0.4, -0.2) is 12.8 Å². The quantitative estimate of drug-likeness (QED) is 0.793. The van der Waals surface area contributed by atoms with Crippen LogP contribution in [0.5, 0.6) is 5.75 Å². The molecule has 0 spiro atoms. The second kappa shape index (κ2) is 7.98. The molecule has 0 radical (unpaired) electrons. The van der Waals surface area contributed by atoms with E-state index in [1.54, 1.807) is 18.3 Å². The Morgan fingerprint density at radius 2 is 1.75 bits per heavy atom. The molecule has 2 aromatic rings. The standard InChI is InChI=1S/C16H14N2O.ClH/c1-2-19-16-9-7-15(8-10-16)18-12-14-5-3-13(11-17)4-6-14;/h3-10,12H,2H2,1H3;1H. The van der Waals surface area contributed by atoms with Crippen molar-refractivity contribution in [3.05, 3.63) is 59.7 Å². The SMILES string of the molecule is CCOc1ccc(N=Cc2ccc(C#N)cc2)cc1.Cl. The van der Waals surface area contributed by atoms with Crippen LogP contribution in [0.1, 0.15) is 18.1 Å². The molecule has 20 heavy (non-hydrogen) atoms. The fourth-order valence-electron chi connectivity index (χ4n) is 1.59. The minimum absolute atomic E-state index is 0. The van der Waals surface area contributed by atoms with E-state index in [1.165, 1.54) is 0 Å². The molecule has 0 aromatic heterocycles. The van der Waals surface area contributed by atoms with Gasteiger partial charge < -0.3 is 4.74 Å². The highest BCUT2D eigenvalue weighted by Crippen LogP contribution is 2.18. The lowest BCUT2D eigenvalue weighted by atomic mass is 10.2. The van der Waals surface area contributed by atoms with Crippen LogP contribution < -0.4 is 4.74 Å². The summed E-state index contributed by atoms with van der Waals surface area (Å²) in [7, 11) is 0. The van der Waals surface area contributed by atoms with Gasteiger partial charge in [-0.3, -0.25) is 4.99 Å². The van der Waals surface area contributed by atoms with E-state index in [0.29, 0.717) is 12.2 Å². The molecule has 0 heterocycles. The number of hydrogen-bond acceptors (Lipinski definition) is 3. The first-order valence-corrected chi connectivity index (χ1v) is 6.09. The van der Waals surface area contributed by atoms with E-state index in [1.807, 2.05) is 43.3 Å². The summed E-state index contributed by atoms with van der Waals surface area (Å²) in [6.45, 7) is 2.62. The van der Waals surface area contributed by atoms with E-state index in [-0.39, 0.29) is 12.4 Å². The molecule has 0 atom stereocenters. The van der Waals surface area contributed by atoms with E-state index < -0.39 is 0 Å². The Morgan fingerprint density at radius 1 is 1.10 bits per heavy atom. The van der Waals surface area contributed by atoms with Crippen molar-refractivity contribution in [3.8, 4) is 11.8 Å². The van der Waals surface area contributed by atoms with Gasteiger partial charge in [0.05, 0.1) is 23.9 Å². The summed E-state index contributed by atoms with van der Waals surface area (Å²) in [5.74, 6) is 0.847. The molecule has 2 aromatic carbocycles. The number of halogens is 1. The molecule has 0 unspecified atom stereocenters. The van der Waals surface area contributed by atoms with Crippen LogP contribution >= 0.6 is 12.4 Å². The van der Waals surface area contributed by atoms with Crippen LogP contribution in [0.2, 0.25) is 0 Å². The highest BCUT2D eigenvalue weighted by molar-refractivity contribution is 5.85. The fraction of sp³-hybridized carbons (Fsp3) is 0.125. The molecule has 0 saturated carbocycles. The van der Waals surface area contributed by atoms with Crippen molar-refractivity contribution in [3.63, 3.8) is 0 Å². The molecule has 2 rings (SSSR count). The first-order chi connectivity index (χ1) is 9.31. The number of rotatable bonds is 4. The molecular formula is C16H15ClN2O. The Balaban J connectivity index is 0.00000200. The zero-order valence-corrected chi connectivity index (χ0v) is 11.9. The molecule has 0 aliphatic carbocycles. The van der Waals surface area contributed by atoms with Crippen molar-refractivity contribution >= 4 is 24.3 Å². The lowest BCUT2D eigenvalue weighted by Crippen LogP contribution is -1.89. The van der Waals surface area contributed by atoms with Crippen LogP contribution in [0, 0.1) is 11.3 Å². The Kier molecular flexibility index (Phi) is 6.28. The van der Waals surface area contributed by atoms with Crippen molar-refractivity contribution in [2.75, 3.05) is 6.61 Å². The number of nitriles is 1. The molecule has 0 amide bonds. The highest BCUT2D eigenvalue weighted by Gasteiger charge is 1.93. The third kappa shape index (κ3) is 4.42. The molecule has 0 fully saturated rings. The second-order valence-corrected chi connectivity index (χ2v) is 3.92. The molecule has 0 bridgehead atoms. The van der Waals surface area contributed by atoms with Crippen LogP contribution in [0.25, 0.3) is 0 Å². The second-order valence-electron chi connectivity index (χ2n) is 3.92. The van der Waals surface area contributed by atoms with E-state index >= 15 is 0 Å². The van der Waals surface area contributed by atoms with Gasteiger partial charge in [0.15, 0.2) is 0 Å². The third-order valence-corrected chi connectivity index (χ3v) is 2.55. The van der Waals surface area contributed by atoms with Gasteiger partial charge in [0.1, 0.15) is 5.75 Å².